The Kier molecular flexibility index (Phi) is 15.7. The number of carbonyl (C=O) groups excluding carboxylic acids is 1. The van der Waals surface area contributed by atoms with Crippen LogP contribution in [0.15, 0.2) is 23.8 Å². The minimum absolute atomic E-state index is 0.122. The number of carbonyl (C=O) groups is 1. The molecule has 416 valence electrons. The van der Waals surface area contributed by atoms with Crippen LogP contribution in [-0.4, -0.2) is 210 Å². The summed E-state index contributed by atoms with van der Waals surface area (Å²) in [4.78, 5) is 14.6. The smallest absolute Gasteiger partial charge is 0.315 e. The zero-order valence-corrected chi connectivity index (χ0v) is 42.8. The molecule has 5 aliphatic carbocycles. The molecule has 4 saturated heterocycles. The van der Waals surface area contributed by atoms with Gasteiger partial charge in [0.25, 0.3) is 0 Å². The predicted octanol–water partition coefficient (Wildman–Crippen LogP) is -0.839. The summed E-state index contributed by atoms with van der Waals surface area (Å²) < 4.78 is 48.8. The first-order valence-electron chi connectivity index (χ1n) is 26.4. The summed E-state index contributed by atoms with van der Waals surface area (Å²) in [5.41, 5.74) is 0.0726. The van der Waals surface area contributed by atoms with Gasteiger partial charge in [0.05, 0.1) is 37.4 Å². The molecule has 9 rings (SSSR count). The molecule has 4 heterocycles. The Morgan fingerprint density at radius 2 is 1.25 bits per heavy atom. The molecule has 21 heteroatoms. The van der Waals surface area contributed by atoms with E-state index in [4.69, 9.17) is 37.9 Å². The van der Waals surface area contributed by atoms with Gasteiger partial charge in [0.15, 0.2) is 18.9 Å². The maximum Gasteiger partial charge on any atom is 0.315 e. The molecule has 27 unspecified atom stereocenters. The zero-order valence-electron chi connectivity index (χ0n) is 42.8. The fourth-order valence-corrected chi connectivity index (χ4v) is 15.8. The lowest BCUT2D eigenvalue weighted by Gasteiger charge is -2.71. The number of rotatable bonds is 10. The van der Waals surface area contributed by atoms with Crippen LogP contribution in [0.1, 0.15) is 106 Å². The summed E-state index contributed by atoms with van der Waals surface area (Å²) in [5, 5.41) is 127. The Morgan fingerprint density at radius 1 is 0.658 bits per heavy atom. The van der Waals surface area contributed by atoms with Gasteiger partial charge in [0.1, 0.15) is 85.5 Å². The summed E-state index contributed by atoms with van der Waals surface area (Å²) in [7, 11) is 0. The number of fused-ring (bicyclic) bond motifs is 7. The molecule has 0 aromatic heterocycles. The molecule has 12 N–H and O–H groups in total. The van der Waals surface area contributed by atoms with E-state index in [1.165, 1.54) is 12.5 Å². The number of esters is 1. The van der Waals surface area contributed by atoms with Crippen LogP contribution in [0.3, 0.4) is 0 Å². The highest BCUT2D eigenvalue weighted by atomic mass is 16.8. The second kappa shape index (κ2) is 20.4. The van der Waals surface area contributed by atoms with Crippen molar-refractivity contribution in [3.8, 4) is 0 Å². The van der Waals surface area contributed by atoms with Crippen molar-refractivity contribution in [1.29, 1.82) is 0 Å². The van der Waals surface area contributed by atoms with E-state index in [-0.39, 0.29) is 40.6 Å². The quantitative estimate of drug-likeness (QED) is 0.0721. The van der Waals surface area contributed by atoms with Gasteiger partial charge in [-0.3, -0.25) is 4.79 Å². The number of aliphatic hydroxyl groups excluding tert-OH is 12. The second-order valence-electron chi connectivity index (χ2n) is 24.4. The maximum atomic E-state index is 14.6. The minimum atomic E-state index is -1.83. The fraction of sp³-hybridized carbons (Fsp3) is 0.904. The van der Waals surface area contributed by atoms with Gasteiger partial charge in [0, 0.05) is 5.92 Å². The monoisotopic (exact) mass is 1040 g/mol. The van der Waals surface area contributed by atoms with E-state index >= 15 is 0 Å². The van der Waals surface area contributed by atoms with E-state index in [2.05, 4.69) is 47.3 Å². The van der Waals surface area contributed by atoms with Crippen molar-refractivity contribution in [3.05, 3.63) is 23.8 Å². The largest absolute Gasteiger partial charge is 0.432 e. The average molecular weight is 1040 g/mol. The first kappa shape index (κ1) is 55.9. The standard InChI is InChI=1S/C52H82O21/c1-22-10-15-52(47(65)73-45-40(64)37(61)34(58)28(20-54)69-45)17-16-50(6)24(25(52)18-22)8-9-30-49(5)13-12-31(48(3,4)29(49)11-14-51(30,50)7)70-46-42(72-43-38(62)35(59)32(56)23(2)67-43)41(26(55)21-66-46)71-44-39(63)36(60)33(57)27(19-53)68-44/h8,23,25-46,53-64H,1,9-21H2,2-7H3. The van der Waals surface area contributed by atoms with Crippen molar-refractivity contribution < 1.29 is 104 Å². The van der Waals surface area contributed by atoms with E-state index < -0.39 is 153 Å². The number of hydrogen-bond donors (Lipinski definition) is 12. The molecule has 0 bridgehead atoms. The van der Waals surface area contributed by atoms with Crippen molar-refractivity contribution in [2.24, 2.45) is 44.8 Å². The van der Waals surface area contributed by atoms with Gasteiger partial charge in [0.2, 0.25) is 6.29 Å². The third kappa shape index (κ3) is 9.02. The molecule has 0 aromatic carbocycles. The predicted molar refractivity (Wildman–Crippen MR) is 251 cm³/mol. The zero-order chi connectivity index (χ0) is 53.1. The van der Waals surface area contributed by atoms with Crippen LogP contribution < -0.4 is 0 Å². The SMILES string of the molecule is C=C1CCC2(C(=O)OC3OC(CO)C(O)C(O)C3O)CCC3(C)C(=CCC4C5(C)CCC(OC6OCC(O)C(OC7OC(CO)C(O)C(O)C7O)C6OC6OC(C)C(O)C(O)C6O)C(C)(C)C5CCC43C)C2C1. The average Bonchev–Trinajstić information content (AvgIpc) is 3.35. The molecule has 73 heavy (non-hydrogen) atoms. The van der Waals surface area contributed by atoms with Gasteiger partial charge in [-0.2, -0.15) is 0 Å². The Bertz CT molecular complexity index is 2040. The van der Waals surface area contributed by atoms with Crippen molar-refractivity contribution in [2.75, 3.05) is 19.8 Å². The fourth-order valence-electron chi connectivity index (χ4n) is 15.8. The van der Waals surface area contributed by atoms with Crippen molar-refractivity contribution >= 4 is 5.97 Å². The molecule has 4 saturated carbocycles. The van der Waals surface area contributed by atoms with Gasteiger partial charge in [-0.05, 0) is 105 Å². The number of allylic oxidation sites excluding steroid dienone is 3. The van der Waals surface area contributed by atoms with Crippen LogP contribution in [0.25, 0.3) is 0 Å². The molecule has 0 spiro atoms. The molecule has 0 amide bonds. The number of aliphatic hydroxyl groups is 12. The summed E-state index contributed by atoms with van der Waals surface area (Å²) in [6.45, 7) is 15.7. The van der Waals surface area contributed by atoms with E-state index in [0.29, 0.717) is 38.5 Å². The van der Waals surface area contributed by atoms with Crippen LogP contribution in [-0.2, 0) is 42.7 Å². The van der Waals surface area contributed by atoms with Gasteiger partial charge in [-0.1, -0.05) is 58.4 Å². The maximum absolute atomic E-state index is 14.6. The molecule has 4 aliphatic heterocycles. The normalized spacial score (nSPS) is 54.0. The number of ether oxygens (including phenoxy) is 8. The van der Waals surface area contributed by atoms with Crippen molar-refractivity contribution in [1.82, 2.24) is 0 Å². The summed E-state index contributed by atoms with van der Waals surface area (Å²) in [5.74, 6) is -0.431. The molecule has 21 nitrogen and oxygen atoms in total. The number of hydrogen-bond acceptors (Lipinski definition) is 21. The van der Waals surface area contributed by atoms with E-state index in [1.54, 1.807) is 0 Å². The van der Waals surface area contributed by atoms with E-state index in [9.17, 15) is 66.1 Å². The van der Waals surface area contributed by atoms with E-state index in [0.717, 1.165) is 31.3 Å². The highest BCUT2D eigenvalue weighted by Crippen LogP contribution is 2.75. The highest BCUT2D eigenvalue weighted by Gasteiger charge is 2.70. The third-order valence-corrected chi connectivity index (χ3v) is 20.4. The summed E-state index contributed by atoms with van der Waals surface area (Å²) in [6.07, 6.45) is -20.7. The Labute approximate surface area is 426 Å². The lowest BCUT2D eigenvalue weighted by molar-refractivity contribution is -0.388. The van der Waals surface area contributed by atoms with Gasteiger partial charge in [-0.25, -0.2) is 0 Å². The molecule has 8 fully saturated rings. The lowest BCUT2D eigenvalue weighted by Crippen LogP contribution is -2.67. The summed E-state index contributed by atoms with van der Waals surface area (Å²) >= 11 is 0. The van der Waals surface area contributed by atoms with Gasteiger partial charge in [-0.15, -0.1) is 0 Å². The lowest BCUT2D eigenvalue weighted by atomic mass is 9.34. The minimum Gasteiger partial charge on any atom is -0.432 e. The Morgan fingerprint density at radius 3 is 1.89 bits per heavy atom. The van der Waals surface area contributed by atoms with E-state index in [1.807, 2.05) is 0 Å². The molecule has 9 aliphatic rings. The summed E-state index contributed by atoms with van der Waals surface area (Å²) in [6, 6.07) is 0. The molecule has 0 aromatic rings. The molecular formula is C52H82O21. The Hall–Kier alpha value is -1.81. The van der Waals surface area contributed by atoms with Crippen LogP contribution in [0.4, 0.5) is 0 Å². The molecule has 27 atom stereocenters. The molecular weight excluding hydrogens is 961 g/mol. The van der Waals surface area contributed by atoms with Crippen molar-refractivity contribution in [2.45, 2.75) is 229 Å². The first-order valence-corrected chi connectivity index (χ1v) is 26.4. The Balaban J connectivity index is 0.966. The van der Waals surface area contributed by atoms with Gasteiger partial charge >= 0.3 is 5.97 Å². The van der Waals surface area contributed by atoms with Crippen LogP contribution in [0.5, 0.6) is 0 Å². The second-order valence-corrected chi connectivity index (χ2v) is 24.4. The first-order chi connectivity index (χ1) is 34.3. The van der Waals surface area contributed by atoms with Crippen molar-refractivity contribution in [3.63, 3.8) is 0 Å². The van der Waals surface area contributed by atoms with Crippen LogP contribution in [0, 0.1) is 44.8 Å². The third-order valence-electron chi connectivity index (χ3n) is 20.4. The highest BCUT2D eigenvalue weighted by molar-refractivity contribution is 5.79. The van der Waals surface area contributed by atoms with Crippen LogP contribution >= 0.6 is 0 Å². The van der Waals surface area contributed by atoms with Gasteiger partial charge < -0.3 is 99.2 Å². The molecule has 0 radical (unpaired) electrons. The van der Waals surface area contributed by atoms with Crippen LogP contribution in [0.2, 0.25) is 0 Å². The topological polar surface area (TPSA) is 334 Å².